The Balaban J connectivity index is 1.78. The zero-order valence-corrected chi connectivity index (χ0v) is 11.2. The van der Waals surface area contributed by atoms with Crippen molar-refractivity contribution in [3.05, 3.63) is 23.3 Å². The van der Waals surface area contributed by atoms with E-state index in [9.17, 15) is 9.90 Å². The molecule has 4 heteroatoms. The maximum Gasteiger partial charge on any atom is 0.334 e. The van der Waals surface area contributed by atoms with Gasteiger partial charge in [-0.3, -0.25) is 0 Å². The molecule has 4 aliphatic rings. The van der Waals surface area contributed by atoms with Crippen LogP contribution in [0.3, 0.4) is 0 Å². The van der Waals surface area contributed by atoms with Crippen molar-refractivity contribution in [3.63, 3.8) is 0 Å². The van der Waals surface area contributed by atoms with Gasteiger partial charge in [-0.15, -0.1) is 0 Å². The van der Waals surface area contributed by atoms with Crippen molar-refractivity contribution in [3.8, 4) is 0 Å². The van der Waals surface area contributed by atoms with Gasteiger partial charge in [0, 0.05) is 16.9 Å². The topological polar surface area (TPSA) is 59.1 Å². The average molecular weight is 262 g/mol. The Kier molecular flexibility index (Phi) is 2.03. The molecule has 6 unspecified atom stereocenters. The number of esters is 1. The summed E-state index contributed by atoms with van der Waals surface area (Å²) in [6.07, 6.45) is 1.00. The molecular formula is C15H18O4. The van der Waals surface area contributed by atoms with E-state index in [4.69, 9.17) is 9.47 Å². The summed E-state index contributed by atoms with van der Waals surface area (Å²) < 4.78 is 11.1. The van der Waals surface area contributed by atoms with E-state index in [0.717, 1.165) is 18.4 Å². The van der Waals surface area contributed by atoms with Crippen LogP contribution in [-0.2, 0) is 14.3 Å². The highest BCUT2D eigenvalue weighted by Crippen LogP contribution is 2.60. The highest BCUT2D eigenvalue weighted by atomic mass is 16.6. The molecule has 2 saturated heterocycles. The fraction of sp³-hybridized carbons (Fsp3) is 0.667. The maximum absolute atomic E-state index is 11.7. The van der Waals surface area contributed by atoms with Gasteiger partial charge in [0.2, 0.25) is 0 Å². The monoisotopic (exact) mass is 262 g/mol. The minimum atomic E-state index is -0.490. The van der Waals surface area contributed by atoms with Gasteiger partial charge in [0.05, 0.1) is 6.10 Å². The van der Waals surface area contributed by atoms with E-state index < -0.39 is 6.10 Å². The third-order valence-electron chi connectivity index (χ3n) is 5.54. The minimum absolute atomic E-state index is 0.0643. The number of hydrogen-bond acceptors (Lipinski definition) is 4. The molecule has 0 aromatic rings. The quantitative estimate of drug-likeness (QED) is 0.310. The first-order chi connectivity index (χ1) is 8.93. The van der Waals surface area contributed by atoms with Gasteiger partial charge in [0.25, 0.3) is 0 Å². The van der Waals surface area contributed by atoms with Crippen molar-refractivity contribution in [2.24, 2.45) is 11.3 Å². The second-order valence-electron chi connectivity index (χ2n) is 6.53. The van der Waals surface area contributed by atoms with E-state index in [-0.39, 0.29) is 35.6 Å². The Morgan fingerprint density at radius 1 is 1.47 bits per heavy atom. The lowest BCUT2D eigenvalue weighted by Gasteiger charge is -2.44. The molecule has 0 amide bonds. The molecule has 2 aliphatic heterocycles. The number of carbonyl (C=O) groups is 1. The van der Waals surface area contributed by atoms with Gasteiger partial charge in [-0.25, -0.2) is 4.79 Å². The van der Waals surface area contributed by atoms with Crippen molar-refractivity contribution in [2.45, 2.75) is 51.1 Å². The normalized spacial score (nSPS) is 51.4. The van der Waals surface area contributed by atoms with Gasteiger partial charge in [-0.1, -0.05) is 19.1 Å². The Labute approximate surface area is 112 Å². The van der Waals surface area contributed by atoms with Gasteiger partial charge in [-0.05, 0) is 25.3 Å². The van der Waals surface area contributed by atoms with Crippen molar-refractivity contribution >= 4 is 5.97 Å². The van der Waals surface area contributed by atoms with Crippen LogP contribution in [0, 0.1) is 11.3 Å². The highest BCUT2D eigenvalue weighted by Gasteiger charge is 2.64. The van der Waals surface area contributed by atoms with Crippen molar-refractivity contribution in [1.29, 1.82) is 0 Å². The summed E-state index contributed by atoms with van der Waals surface area (Å²) in [5.41, 5.74) is 2.76. The molecule has 1 N–H and O–H groups in total. The second kappa shape index (κ2) is 3.30. The molecule has 2 aliphatic carbocycles. The number of carbonyl (C=O) groups excluding carboxylic acids is 1. The van der Waals surface area contributed by atoms with Crippen LogP contribution in [-0.4, -0.2) is 35.5 Å². The fourth-order valence-electron chi connectivity index (χ4n) is 4.30. The van der Waals surface area contributed by atoms with E-state index >= 15 is 0 Å². The molecule has 1 saturated carbocycles. The van der Waals surface area contributed by atoms with E-state index in [1.807, 2.05) is 6.92 Å². The smallest absolute Gasteiger partial charge is 0.334 e. The number of hydrogen-bond donors (Lipinski definition) is 1. The summed E-state index contributed by atoms with van der Waals surface area (Å²) in [7, 11) is 0. The van der Waals surface area contributed by atoms with Crippen LogP contribution >= 0.6 is 0 Å². The molecule has 0 radical (unpaired) electrons. The summed E-state index contributed by atoms with van der Waals surface area (Å²) in [5, 5.41) is 10.2. The van der Waals surface area contributed by atoms with Crippen LogP contribution in [0.2, 0.25) is 0 Å². The summed E-state index contributed by atoms with van der Waals surface area (Å²) in [5.74, 6) is -0.183. The predicted octanol–water partition coefficient (Wildman–Crippen LogP) is 1.34. The number of aliphatic hydroxyl groups excluding tert-OH is 1. The number of ether oxygens (including phenoxy) is 2. The zero-order chi connectivity index (χ0) is 13.5. The van der Waals surface area contributed by atoms with Crippen molar-refractivity contribution in [2.75, 3.05) is 0 Å². The summed E-state index contributed by atoms with van der Waals surface area (Å²) in [6, 6.07) is 0. The van der Waals surface area contributed by atoms with Gasteiger partial charge >= 0.3 is 5.97 Å². The van der Waals surface area contributed by atoms with Crippen molar-refractivity contribution < 1.29 is 19.4 Å². The third-order valence-corrected chi connectivity index (χ3v) is 5.54. The molecule has 4 rings (SSSR count). The first kappa shape index (κ1) is 11.7. The summed E-state index contributed by atoms with van der Waals surface area (Å²) in [6.45, 7) is 8.02. The van der Waals surface area contributed by atoms with E-state index in [2.05, 4.69) is 13.5 Å². The average Bonchev–Trinajstić information content (AvgIpc) is 3.12. The van der Waals surface area contributed by atoms with Crippen LogP contribution < -0.4 is 0 Å². The molecule has 102 valence electrons. The van der Waals surface area contributed by atoms with Crippen LogP contribution in [0.1, 0.15) is 26.7 Å². The van der Waals surface area contributed by atoms with Crippen LogP contribution in [0.25, 0.3) is 0 Å². The van der Waals surface area contributed by atoms with Gasteiger partial charge in [-0.2, -0.15) is 0 Å². The first-order valence-corrected chi connectivity index (χ1v) is 6.87. The number of aliphatic hydroxyl groups is 1. The van der Waals surface area contributed by atoms with E-state index in [1.165, 1.54) is 5.57 Å². The number of rotatable bonds is 0. The molecule has 2 heterocycles. The lowest BCUT2D eigenvalue weighted by Crippen LogP contribution is -2.45. The van der Waals surface area contributed by atoms with Crippen LogP contribution in [0.4, 0.5) is 0 Å². The molecule has 0 aromatic carbocycles. The maximum atomic E-state index is 11.7. The number of epoxide rings is 1. The zero-order valence-electron chi connectivity index (χ0n) is 11.2. The predicted molar refractivity (Wildman–Crippen MR) is 67.2 cm³/mol. The SMILES string of the molecule is C=C1C(=O)OC2CC3(C)C(=C(C)C(O)C4OC43)CC12. The number of fused-ring (bicyclic) bond motifs is 4. The molecule has 0 bridgehead atoms. The molecule has 0 aromatic heterocycles. The lowest BCUT2D eigenvalue weighted by atomic mass is 9.60. The highest BCUT2D eigenvalue weighted by molar-refractivity contribution is 5.91. The summed E-state index contributed by atoms with van der Waals surface area (Å²) >= 11 is 0. The van der Waals surface area contributed by atoms with Crippen molar-refractivity contribution in [1.82, 2.24) is 0 Å². The Morgan fingerprint density at radius 2 is 2.21 bits per heavy atom. The fourth-order valence-corrected chi connectivity index (χ4v) is 4.30. The molecule has 6 atom stereocenters. The molecule has 0 spiro atoms. The Bertz CT molecular complexity index is 534. The third kappa shape index (κ3) is 1.29. The molecular weight excluding hydrogens is 244 g/mol. The van der Waals surface area contributed by atoms with E-state index in [0.29, 0.717) is 5.57 Å². The standard InChI is InChI=1S/C15H18O4/c1-6-8-4-9-7(2)11(16)12-13(19-12)15(9,3)5-10(8)18-14(6)17/h8,10-13,16H,1,4-5H2,2-3H3. The first-order valence-electron chi connectivity index (χ1n) is 6.87. The summed E-state index contributed by atoms with van der Waals surface area (Å²) in [4.78, 5) is 11.7. The second-order valence-corrected chi connectivity index (χ2v) is 6.53. The van der Waals surface area contributed by atoms with Crippen LogP contribution in [0.15, 0.2) is 23.3 Å². The van der Waals surface area contributed by atoms with Gasteiger partial charge in [0.15, 0.2) is 0 Å². The Hall–Kier alpha value is -1.13. The van der Waals surface area contributed by atoms with Gasteiger partial charge in [0.1, 0.15) is 18.3 Å². The minimum Gasteiger partial charge on any atom is -0.458 e. The largest absolute Gasteiger partial charge is 0.458 e. The Morgan fingerprint density at radius 3 is 2.95 bits per heavy atom. The molecule has 19 heavy (non-hydrogen) atoms. The van der Waals surface area contributed by atoms with Gasteiger partial charge < -0.3 is 14.6 Å². The van der Waals surface area contributed by atoms with E-state index in [1.54, 1.807) is 0 Å². The molecule has 3 fully saturated rings. The van der Waals surface area contributed by atoms with Crippen LogP contribution in [0.5, 0.6) is 0 Å². The molecule has 4 nitrogen and oxygen atoms in total. The lowest BCUT2D eigenvalue weighted by molar-refractivity contribution is -0.140.